The van der Waals surface area contributed by atoms with E-state index in [1.165, 1.54) is 6.33 Å². The van der Waals surface area contributed by atoms with E-state index in [4.69, 9.17) is 4.74 Å². The van der Waals surface area contributed by atoms with Gasteiger partial charge < -0.3 is 10.1 Å². The van der Waals surface area contributed by atoms with Crippen LogP contribution < -0.4 is 5.32 Å². The van der Waals surface area contributed by atoms with Crippen LogP contribution in [0.4, 0.5) is 5.82 Å². The largest absolute Gasteiger partial charge is 0.380 e. The van der Waals surface area contributed by atoms with Crippen molar-refractivity contribution in [3.63, 3.8) is 0 Å². The molecule has 1 N–H and O–H groups in total. The molecule has 6 heteroatoms. The van der Waals surface area contributed by atoms with Crippen molar-refractivity contribution in [1.29, 1.82) is 0 Å². The first-order valence-electron chi connectivity index (χ1n) is 6.71. The van der Waals surface area contributed by atoms with Crippen LogP contribution in [-0.4, -0.2) is 39.3 Å². The maximum Gasteiger partial charge on any atom is 0.254 e. The summed E-state index contributed by atoms with van der Waals surface area (Å²) in [5.41, 5.74) is 1.28. The number of nitrogens with zero attached hydrogens (tertiary/aromatic N) is 4. The Labute approximate surface area is 112 Å². The molecule has 0 aromatic carbocycles. The highest BCUT2D eigenvalue weighted by Gasteiger charge is 2.33. The van der Waals surface area contributed by atoms with E-state index in [-0.39, 0.29) is 5.41 Å². The molecule has 3 heterocycles. The summed E-state index contributed by atoms with van der Waals surface area (Å²) in [5.74, 6) is 1.61. The Morgan fingerprint density at radius 3 is 3.00 bits per heavy atom. The van der Waals surface area contributed by atoms with Crippen LogP contribution >= 0.6 is 0 Å². The van der Waals surface area contributed by atoms with Crippen LogP contribution in [-0.2, 0) is 11.2 Å². The third-order valence-electron chi connectivity index (χ3n) is 3.41. The average molecular weight is 261 g/mol. The third-order valence-corrected chi connectivity index (χ3v) is 3.41. The van der Waals surface area contributed by atoms with Gasteiger partial charge >= 0.3 is 0 Å². The minimum absolute atomic E-state index is 0.223. The molecule has 2 aromatic rings. The summed E-state index contributed by atoms with van der Waals surface area (Å²) < 4.78 is 7.03. The van der Waals surface area contributed by atoms with Gasteiger partial charge in [0.15, 0.2) is 0 Å². The Bertz CT molecular complexity index is 575. The first-order chi connectivity index (χ1) is 9.20. The minimum atomic E-state index is 0.223. The van der Waals surface area contributed by atoms with Crippen molar-refractivity contribution in [2.24, 2.45) is 5.41 Å². The van der Waals surface area contributed by atoms with Crippen molar-refractivity contribution < 1.29 is 4.74 Å². The van der Waals surface area contributed by atoms with Crippen LogP contribution in [0.2, 0.25) is 0 Å². The maximum absolute atomic E-state index is 5.27. The molecular weight excluding hydrogens is 242 g/mol. The van der Waals surface area contributed by atoms with Crippen molar-refractivity contribution in [2.75, 3.05) is 25.1 Å². The highest BCUT2D eigenvalue weighted by atomic mass is 16.5. The molecule has 102 valence electrons. The second-order valence-corrected chi connectivity index (χ2v) is 5.51. The molecule has 0 amide bonds. The van der Waals surface area contributed by atoms with Crippen LogP contribution in [0, 0.1) is 5.41 Å². The molecular formula is C13H19N5O. The number of hydrogen-bond acceptors (Lipinski definition) is 5. The first-order valence-corrected chi connectivity index (χ1v) is 6.71. The van der Waals surface area contributed by atoms with Gasteiger partial charge in [-0.1, -0.05) is 20.3 Å². The lowest BCUT2D eigenvalue weighted by atomic mass is 9.89. The molecule has 3 rings (SSSR count). The molecule has 2 aromatic heterocycles. The fourth-order valence-corrected chi connectivity index (χ4v) is 2.23. The molecule has 0 bridgehead atoms. The smallest absolute Gasteiger partial charge is 0.254 e. The van der Waals surface area contributed by atoms with Gasteiger partial charge in [-0.25, -0.2) is 4.98 Å². The summed E-state index contributed by atoms with van der Waals surface area (Å²) in [6, 6.07) is 2.06. The summed E-state index contributed by atoms with van der Waals surface area (Å²) in [7, 11) is 0. The number of anilines is 1. The first kappa shape index (κ1) is 12.3. The van der Waals surface area contributed by atoms with E-state index < -0.39 is 0 Å². The highest BCUT2D eigenvalue weighted by Crippen LogP contribution is 2.26. The molecule has 1 aliphatic heterocycles. The fraction of sp³-hybridized carbons (Fsp3) is 0.615. The van der Waals surface area contributed by atoms with Crippen molar-refractivity contribution in [2.45, 2.75) is 26.7 Å². The summed E-state index contributed by atoms with van der Waals surface area (Å²) in [6.45, 7) is 6.87. The molecule has 0 atom stereocenters. The monoisotopic (exact) mass is 261 g/mol. The van der Waals surface area contributed by atoms with Crippen molar-refractivity contribution in [3.05, 3.63) is 18.1 Å². The standard InChI is InChI=1S/C13H19N5O/c1-3-4-10-5-11(14-6-13(2)7-19-8-13)18-12(17-10)15-9-16-18/h5,9,14H,3-4,6-8H2,1-2H3. The number of ether oxygens (including phenoxy) is 1. The predicted octanol–water partition coefficient (Wildman–Crippen LogP) is 1.53. The van der Waals surface area contributed by atoms with E-state index >= 15 is 0 Å². The number of nitrogens with one attached hydrogen (secondary N) is 1. The van der Waals surface area contributed by atoms with Crippen LogP contribution in [0.3, 0.4) is 0 Å². The summed E-state index contributed by atoms with van der Waals surface area (Å²) in [4.78, 5) is 8.67. The molecule has 6 nitrogen and oxygen atoms in total. The molecule has 1 fully saturated rings. The van der Waals surface area contributed by atoms with Gasteiger partial charge in [-0.05, 0) is 6.42 Å². The average Bonchev–Trinajstić information content (AvgIpc) is 2.82. The van der Waals surface area contributed by atoms with Gasteiger partial charge in [0.1, 0.15) is 12.1 Å². The molecule has 19 heavy (non-hydrogen) atoms. The van der Waals surface area contributed by atoms with Gasteiger partial charge in [-0.3, -0.25) is 0 Å². The number of fused-ring (bicyclic) bond motifs is 1. The lowest BCUT2D eigenvalue weighted by Crippen LogP contribution is -2.45. The molecule has 0 unspecified atom stereocenters. The Morgan fingerprint density at radius 1 is 1.47 bits per heavy atom. The van der Waals surface area contributed by atoms with E-state index in [2.05, 4.69) is 40.3 Å². The molecule has 1 saturated heterocycles. The molecule has 0 saturated carbocycles. The number of aryl methyl sites for hydroxylation is 1. The molecule has 0 aliphatic carbocycles. The van der Waals surface area contributed by atoms with E-state index in [1.807, 2.05) is 0 Å². The molecule has 0 spiro atoms. The zero-order chi connectivity index (χ0) is 13.3. The summed E-state index contributed by atoms with van der Waals surface area (Å²) in [5, 5.41) is 7.67. The second kappa shape index (κ2) is 4.77. The number of aromatic nitrogens is 4. The van der Waals surface area contributed by atoms with Gasteiger partial charge in [0.05, 0.1) is 13.2 Å². The Kier molecular flexibility index (Phi) is 3.10. The Hall–Kier alpha value is -1.69. The van der Waals surface area contributed by atoms with E-state index in [1.54, 1.807) is 4.52 Å². The fourth-order valence-electron chi connectivity index (χ4n) is 2.23. The van der Waals surface area contributed by atoms with Crippen LogP contribution in [0.15, 0.2) is 12.4 Å². The maximum atomic E-state index is 5.27. The molecule has 0 radical (unpaired) electrons. The van der Waals surface area contributed by atoms with Gasteiger partial charge in [0.2, 0.25) is 0 Å². The number of rotatable bonds is 5. The van der Waals surface area contributed by atoms with Gasteiger partial charge in [0.25, 0.3) is 5.78 Å². The number of hydrogen-bond donors (Lipinski definition) is 1. The van der Waals surface area contributed by atoms with Crippen LogP contribution in [0.1, 0.15) is 26.0 Å². The lowest BCUT2D eigenvalue weighted by molar-refractivity contribution is -0.0925. The predicted molar refractivity (Wildman–Crippen MR) is 72.2 cm³/mol. The minimum Gasteiger partial charge on any atom is -0.380 e. The quantitative estimate of drug-likeness (QED) is 0.884. The highest BCUT2D eigenvalue weighted by molar-refractivity contribution is 5.45. The van der Waals surface area contributed by atoms with E-state index in [0.717, 1.165) is 44.1 Å². The van der Waals surface area contributed by atoms with Crippen LogP contribution in [0.25, 0.3) is 5.78 Å². The lowest BCUT2D eigenvalue weighted by Gasteiger charge is -2.38. The summed E-state index contributed by atoms with van der Waals surface area (Å²) >= 11 is 0. The van der Waals surface area contributed by atoms with Gasteiger partial charge in [-0.2, -0.15) is 14.6 Å². The molecule has 1 aliphatic rings. The van der Waals surface area contributed by atoms with Crippen LogP contribution in [0.5, 0.6) is 0 Å². The summed E-state index contributed by atoms with van der Waals surface area (Å²) in [6.07, 6.45) is 3.57. The topological polar surface area (TPSA) is 64.3 Å². The van der Waals surface area contributed by atoms with E-state index in [0.29, 0.717) is 5.78 Å². The Morgan fingerprint density at radius 2 is 2.32 bits per heavy atom. The van der Waals surface area contributed by atoms with Gasteiger partial charge in [0, 0.05) is 23.7 Å². The van der Waals surface area contributed by atoms with Crippen molar-refractivity contribution in [3.8, 4) is 0 Å². The zero-order valence-corrected chi connectivity index (χ0v) is 11.4. The zero-order valence-electron chi connectivity index (χ0n) is 11.4. The normalized spacial score (nSPS) is 17.4. The second-order valence-electron chi connectivity index (χ2n) is 5.51. The van der Waals surface area contributed by atoms with Gasteiger partial charge in [-0.15, -0.1) is 0 Å². The third kappa shape index (κ3) is 2.40. The van der Waals surface area contributed by atoms with Crippen molar-refractivity contribution in [1.82, 2.24) is 19.6 Å². The van der Waals surface area contributed by atoms with Crippen molar-refractivity contribution >= 4 is 11.6 Å². The van der Waals surface area contributed by atoms with E-state index in [9.17, 15) is 0 Å². The SMILES string of the molecule is CCCc1cc(NCC2(C)COC2)n2ncnc2n1. The Balaban J connectivity index is 1.85.